The number of aliphatic hydroxyl groups is 1. The van der Waals surface area contributed by atoms with Gasteiger partial charge in [0, 0.05) is 13.0 Å². The van der Waals surface area contributed by atoms with Crippen molar-refractivity contribution in [2.75, 3.05) is 26.3 Å². The molecule has 0 unspecified atom stereocenters. The zero-order valence-corrected chi connectivity index (χ0v) is 15.3. The van der Waals surface area contributed by atoms with Gasteiger partial charge in [-0.25, -0.2) is 0 Å². The quantitative estimate of drug-likeness (QED) is 0.292. The third kappa shape index (κ3) is 19.3. The van der Waals surface area contributed by atoms with E-state index in [-0.39, 0.29) is 12.6 Å². The van der Waals surface area contributed by atoms with E-state index in [0.29, 0.717) is 19.6 Å². The van der Waals surface area contributed by atoms with Crippen molar-refractivity contribution in [3.05, 3.63) is 0 Å². The summed E-state index contributed by atoms with van der Waals surface area (Å²) >= 11 is 0. The van der Waals surface area contributed by atoms with E-state index < -0.39 is 0 Å². The van der Waals surface area contributed by atoms with E-state index in [2.05, 4.69) is 12.2 Å². The molecule has 2 N–H and O–H groups in total. The summed E-state index contributed by atoms with van der Waals surface area (Å²) in [6.45, 7) is 4.70. The van der Waals surface area contributed by atoms with Crippen molar-refractivity contribution in [3.63, 3.8) is 0 Å². The molecular formula is C19H39NO3. The van der Waals surface area contributed by atoms with Gasteiger partial charge >= 0.3 is 5.97 Å². The van der Waals surface area contributed by atoms with Crippen molar-refractivity contribution in [1.29, 1.82) is 0 Å². The molecule has 0 radical (unpaired) electrons. The molecule has 4 nitrogen and oxygen atoms in total. The number of aliphatic hydroxyl groups excluding tert-OH is 1. The molecule has 0 heterocycles. The summed E-state index contributed by atoms with van der Waals surface area (Å²) in [5, 5.41) is 11.8. The van der Waals surface area contributed by atoms with Gasteiger partial charge in [-0.15, -0.1) is 0 Å². The maximum absolute atomic E-state index is 11.6. The Labute approximate surface area is 143 Å². The Morgan fingerprint density at radius 3 is 2.13 bits per heavy atom. The zero-order valence-electron chi connectivity index (χ0n) is 15.3. The summed E-state index contributed by atoms with van der Waals surface area (Å²) in [6, 6.07) is 0. The monoisotopic (exact) mass is 329 g/mol. The average molecular weight is 330 g/mol. The number of esters is 1. The molecule has 0 atom stereocenters. The second-order valence-corrected chi connectivity index (χ2v) is 6.33. The standard InChI is InChI=1S/C19H39NO3/c1-2-3-4-5-6-10-13-18-23-19(22)14-11-8-7-9-12-15-20-16-17-21/h20-21H,2-18H2,1H3. The van der Waals surface area contributed by atoms with E-state index >= 15 is 0 Å². The molecule has 0 spiro atoms. The van der Waals surface area contributed by atoms with Gasteiger partial charge in [0.2, 0.25) is 0 Å². The smallest absolute Gasteiger partial charge is 0.305 e. The van der Waals surface area contributed by atoms with Gasteiger partial charge in [0.15, 0.2) is 0 Å². The van der Waals surface area contributed by atoms with Crippen LogP contribution in [0.1, 0.15) is 90.4 Å². The van der Waals surface area contributed by atoms with Gasteiger partial charge < -0.3 is 15.2 Å². The highest BCUT2D eigenvalue weighted by Gasteiger charge is 2.02. The Morgan fingerprint density at radius 2 is 1.43 bits per heavy atom. The Bertz CT molecular complexity index is 247. The maximum atomic E-state index is 11.6. The lowest BCUT2D eigenvalue weighted by Gasteiger charge is -2.05. The van der Waals surface area contributed by atoms with E-state index in [4.69, 9.17) is 9.84 Å². The molecule has 0 aromatic rings. The van der Waals surface area contributed by atoms with Gasteiger partial charge in [0.25, 0.3) is 0 Å². The molecular weight excluding hydrogens is 290 g/mol. The van der Waals surface area contributed by atoms with Crippen molar-refractivity contribution in [3.8, 4) is 0 Å². The first-order chi connectivity index (χ1) is 11.3. The highest BCUT2D eigenvalue weighted by Crippen LogP contribution is 2.08. The first kappa shape index (κ1) is 22.4. The fraction of sp³-hybridized carbons (Fsp3) is 0.947. The van der Waals surface area contributed by atoms with E-state index in [0.717, 1.165) is 32.2 Å². The third-order valence-corrected chi connectivity index (χ3v) is 4.03. The normalized spacial score (nSPS) is 10.9. The van der Waals surface area contributed by atoms with Crippen LogP contribution in [0.4, 0.5) is 0 Å². The van der Waals surface area contributed by atoms with Crippen LogP contribution >= 0.6 is 0 Å². The van der Waals surface area contributed by atoms with Crippen LogP contribution in [-0.2, 0) is 9.53 Å². The summed E-state index contributed by atoms with van der Waals surface area (Å²) in [6.07, 6.45) is 14.9. The Balaban J connectivity index is 3.13. The first-order valence-electron chi connectivity index (χ1n) is 9.78. The van der Waals surface area contributed by atoms with Crippen LogP contribution in [0, 0.1) is 0 Å². The second-order valence-electron chi connectivity index (χ2n) is 6.33. The van der Waals surface area contributed by atoms with Crippen LogP contribution < -0.4 is 5.32 Å². The molecule has 23 heavy (non-hydrogen) atoms. The van der Waals surface area contributed by atoms with Crippen LogP contribution in [0.25, 0.3) is 0 Å². The molecule has 0 aromatic carbocycles. The van der Waals surface area contributed by atoms with Crippen molar-refractivity contribution in [2.45, 2.75) is 90.4 Å². The SMILES string of the molecule is CCCCCCCCCOC(=O)CCCCCCCNCCO. The van der Waals surface area contributed by atoms with Gasteiger partial charge in [-0.05, 0) is 25.8 Å². The van der Waals surface area contributed by atoms with E-state index in [1.54, 1.807) is 0 Å². The van der Waals surface area contributed by atoms with Crippen molar-refractivity contribution in [1.82, 2.24) is 5.32 Å². The summed E-state index contributed by atoms with van der Waals surface area (Å²) in [5.74, 6) is -0.0272. The van der Waals surface area contributed by atoms with Crippen molar-refractivity contribution >= 4 is 5.97 Å². The summed E-state index contributed by atoms with van der Waals surface area (Å²) in [4.78, 5) is 11.6. The maximum Gasteiger partial charge on any atom is 0.305 e. The van der Waals surface area contributed by atoms with E-state index in [1.807, 2.05) is 0 Å². The van der Waals surface area contributed by atoms with Crippen LogP contribution in [0.5, 0.6) is 0 Å². The molecule has 138 valence electrons. The number of ether oxygens (including phenoxy) is 1. The summed E-state index contributed by atoms with van der Waals surface area (Å²) in [5.41, 5.74) is 0. The Kier molecular flexibility index (Phi) is 18.9. The molecule has 0 saturated heterocycles. The predicted octanol–water partition coefficient (Wildman–Crippen LogP) is 4.20. The molecule has 4 heteroatoms. The molecule has 0 aliphatic carbocycles. The number of unbranched alkanes of at least 4 members (excludes halogenated alkanes) is 10. The lowest BCUT2D eigenvalue weighted by Crippen LogP contribution is -2.19. The van der Waals surface area contributed by atoms with Crippen LogP contribution in [0.2, 0.25) is 0 Å². The predicted molar refractivity (Wildman–Crippen MR) is 96.6 cm³/mol. The molecule has 0 fully saturated rings. The Hall–Kier alpha value is -0.610. The number of carbonyl (C=O) groups excluding carboxylic acids is 1. The zero-order chi connectivity index (χ0) is 17.0. The number of hydrogen-bond acceptors (Lipinski definition) is 4. The van der Waals surface area contributed by atoms with Gasteiger partial charge in [-0.3, -0.25) is 4.79 Å². The van der Waals surface area contributed by atoms with Gasteiger partial charge in [0.05, 0.1) is 13.2 Å². The van der Waals surface area contributed by atoms with E-state index in [1.165, 1.54) is 51.4 Å². The minimum atomic E-state index is -0.0272. The lowest BCUT2D eigenvalue weighted by molar-refractivity contribution is -0.143. The van der Waals surface area contributed by atoms with Crippen LogP contribution in [0.15, 0.2) is 0 Å². The number of carbonyl (C=O) groups is 1. The molecule has 0 bridgehead atoms. The average Bonchev–Trinajstić information content (AvgIpc) is 2.56. The van der Waals surface area contributed by atoms with Crippen molar-refractivity contribution < 1.29 is 14.6 Å². The summed E-state index contributed by atoms with van der Waals surface area (Å²) in [7, 11) is 0. The first-order valence-corrected chi connectivity index (χ1v) is 9.78. The number of rotatable bonds is 18. The minimum Gasteiger partial charge on any atom is -0.466 e. The highest BCUT2D eigenvalue weighted by atomic mass is 16.5. The molecule has 0 rings (SSSR count). The molecule has 0 aliphatic heterocycles. The molecule has 0 aromatic heterocycles. The second kappa shape index (κ2) is 19.4. The molecule has 0 saturated carbocycles. The highest BCUT2D eigenvalue weighted by molar-refractivity contribution is 5.69. The largest absolute Gasteiger partial charge is 0.466 e. The number of hydrogen-bond donors (Lipinski definition) is 2. The minimum absolute atomic E-state index is 0.0272. The topological polar surface area (TPSA) is 58.6 Å². The Morgan fingerprint density at radius 1 is 0.826 bits per heavy atom. The van der Waals surface area contributed by atoms with Gasteiger partial charge in [-0.1, -0.05) is 64.7 Å². The van der Waals surface area contributed by atoms with Crippen LogP contribution in [0.3, 0.4) is 0 Å². The van der Waals surface area contributed by atoms with Crippen LogP contribution in [-0.4, -0.2) is 37.4 Å². The fourth-order valence-corrected chi connectivity index (χ4v) is 2.57. The number of nitrogens with one attached hydrogen (secondary N) is 1. The fourth-order valence-electron chi connectivity index (χ4n) is 2.57. The third-order valence-electron chi connectivity index (χ3n) is 4.03. The van der Waals surface area contributed by atoms with Gasteiger partial charge in [0.1, 0.15) is 0 Å². The summed E-state index contributed by atoms with van der Waals surface area (Å²) < 4.78 is 5.27. The van der Waals surface area contributed by atoms with E-state index in [9.17, 15) is 4.79 Å². The molecule has 0 amide bonds. The lowest BCUT2D eigenvalue weighted by atomic mass is 10.1. The van der Waals surface area contributed by atoms with Crippen molar-refractivity contribution in [2.24, 2.45) is 0 Å². The van der Waals surface area contributed by atoms with Gasteiger partial charge in [-0.2, -0.15) is 0 Å². The molecule has 0 aliphatic rings.